The zero-order valence-corrected chi connectivity index (χ0v) is 10.9. The average molecular weight is 233 g/mol. The minimum absolute atomic E-state index is 0.357. The summed E-state index contributed by atoms with van der Waals surface area (Å²) in [5.74, 6) is 0.357. The Hall–Kier alpha value is -1.02. The molecule has 2 nitrogen and oxygen atoms in total. The molecule has 1 atom stereocenters. The first kappa shape index (κ1) is 12.4. The van der Waals surface area contributed by atoms with Gasteiger partial charge in [-0.05, 0) is 62.3 Å². The molecule has 0 heterocycles. The Morgan fingerprint density at radius 3 is 2.47 bits per heavy atom. The molecule has 1 unspecified atom stereocenters. The molecule has 1 aromatic carbocycles. The van der Waals surface area contributed by atoms with Gasteiger partial charge in [0.05, 0.1) is 0 Å². The summed E-state index contributed by atoms with van der Waals surface area (Å²) in [6.45, 7) is 5.63. The maximum Gasteiger partial charge on any atom is 0.115 e. The lowest BCUT2D eigenvalue weighted by molar-refractivity contribution is 0.350. The molecule has 2 rings (SSSR count). The van der Waals surface area contributed by atoms with E-state index in [2.05, 4.69) is 19.2 Å². The molecule has 0 saturated heterocycles. The first-order chi connectivity index (χ1) is 8.16. The van der Waals surface area contributed by atoms with Crippen LogP contribution in [0.4, 0.5) is 0 Å². The third kappa shape index (κ3) is 3.01. The predicted molar refractivity (Wildman–Crippen MR) is 71.2 cm³/mol. The lowest BCUT2D eigenvalue weighted by atomic mass is 9.89. The minimum Gasteiger partial charge on any atom is -0.508 e. The molecule has 1 aliphatic rings. The van der Waals surface area contributed by atoms with Crippen LogP contribution in [0.3, 0.4) is 0 Å². The smallest absolute Gasteiger partial charge is 0.115 e. The van der Waals surface area contributed by atoms with Crippen molar-refractivity contribution in [3.8, 4) is 5.75 Å². The Labute approximate surface area is 104 Å². The lowest BCUT2D eigenvalue weighted by Crippen LogP contribution is -2.36. The Bertz CT molecular complexity index is 354. The zero-order chi connectivity index (χ0) is 12.3. The SMILES string of the molecule is CCCNC(C)C1(Cc2ccc(O)cc2)CC1. The number of benzene rings is 1. The van der Waals surface area contributed by atoms with E-state index in [0.717, 1.165) is 13.0 Å². The van der Waals surface area contributed by atoms with Crippen molar-refractivity contribution < 1.29 is 5.11 Å². The second kappa shape index (κ2) is 5.09. The van der Waals surface area contributed by atoms with Gasteiger partial charge in [-0.1, -0.05) is 19.1 Å². The van der Waals surface area contributed by atoms with Crippen LogP contribution in [-0.2, 0) is 6.42 Å². The molecule has 0 bridgehead atoms. The summed E-state index contributed by atoms with van der Waals surface area (Å²) >= 11 is 0. The van der Waals surface area contributed by atoms with Crippen molar-refractivity contribution >= 4 is 0 Å². The van der Waals surface area contributed by atoms with E-state index in [1.165, 1.54) is 24.8 Å². The fourth-order valence-corrected chi connectivity index (χ4v) is 2.52. The van der Waals surface area contributed by atoms with Crippen molar-refractivity contribution in [2.24, 2.45) is 5.41 Å². The number of rotatable bonds is 6. The van der Waals surface area contributed by atoms with Gasteiger partial charge >= 0.3 is 0 Å². The van der Waals surface area contributed by atoms with Gasteiger partial charge in [-0.2, -0.15) is 0 Å². The number of aromatic hydroxyl groups is 1. The molecule has 0 aromatic heterocycles. The Kier molecular flexibility index (Phi) is 3.72. The fraction of sp³-hybridized carbons (Fsp3) is 0.600. The highest BCUT2D eigenvalue weighted by molar-refractivity contribution is 5.27. The Morgan fingerprint density at radius 2 is 1.94 bits per heavy atom. The van der Waals surface area contributed by atoms with E-state index >= 15 is 0 Å². The largest absolute Gasteiger partial charge is 0.508 e. The second-order valence-corrected chi connectivity index (χ2v) is 5.38. The zero-order valence-electron chi connectivity index (χ0n) is 10.9. The summed E-state index contributed by atoms with van der Waals surface area (Å²) in [5.41, 5.74) is 1.80. The summed E-state index contributed by atoms with van der Waals surface area (Å²) in [5, 5.41) is 12.9. The molecule has 0 radical (unpaired) electrons. The van der Waals surface area contributed by atoms with Crippen LogP contribution in [0.15, 0.2) is 24.3 Å². The van der Waals surface area contributed by atoms with Crippen molar-refractivity contribution in [3.63, 3.8) is 0 Å². The van der Waals surface area contributed by atoms with E-state index in [9.17, 15) is 5.11 Å². The molecule has 0 spiro atoms. The van der Waals surface area contributed by atoms with Crippen LogP contribution in [0.2, 0.25) is 0 Å². The van der Waals surface area contributed by atoms with Gasteiger partial charge in [-0.25, -0.2) is 0 Å². The molecule has 2 heteroatoms. The van der Waals surface area contributed by atoms with Crippen LogP contribution in [0.5, 0.6) is 5.75 Å². The minimum atomic E-state index is 0.357. The number of hydrogen-bond acceptors (Lipinski definition) is 2. The molecule has 0 amide bonds. The molecule has 1 fully saturated rings. The normalized spacial score (nSPS) is 18.9. The number of nitrogens with one attached hydrogen (secondary N) is 1. The maximum atomic E-state index is 9.28. The van der Waals surface area contributed by atoms with Gasteiger partial charge < -0.3 is 10.4 Å². The van der Waals surface area contributed by atoms with Crippen LogP contribution in [0, 0.1) is 5.41 Å². The van der Waals surface area contributed by atoms with Gasteiger partial charge in [0.2, 0.25) is 0 Å². The molecular weight excluding hydrogens is 210 g/mol. The van der Waals surface area contributed by atoms with E-state index in [1.807, 2.05) is 12.1 Å². The molecule has 0 aliphatic heterocycles. The van der Waals surface area contributed by atoms with Crippen LogP contribution < -0.4 is 5.32 Å². The van der Waals surface area contributed by atoms with Crippen molar-refractivity contribution in [1.82, 2.24) is 5.32 Å². The van der Waals surface area contributed by atoms with E-state index in [0.29, 0.717) is 17.2 Å². The summed E-state index contributed by atoms with van der Waals surface area (Å²) in [6.07, 6.45) is 4.97. The van der Waals surface area contributed by atoms with Gasteiger partial charge in [-0.3, -0.25) is 0 Å². The van der Waals surface area contributed by atoms with Crippen molar-refractivity contribution in [3.05, 3.63) is 29.8 Å². The van der Waals surface area contributed by atoms with Crippen LogP contribution >= 0.6 is 0 Å². The summed E-state index contributed by atoms with van der Waals surface area (Å²) in [4.78, 5) is 0. The first-order valence-corrected chi connectivity index (χ1v) is 6.67. The van der Waals surface area contributed by atoms with Crippen LogP contribution in [-0.4, -0.2) is 17.7 Å². The Balaban J connectivity index is 1.95. The van der Waals surface area contributed by atoms with E-state index in [-0.39, 0.29) is 0 Å². The third-order valence-electron chi connectivity index (χ3n) is 4.00. The van der Waals surface area contributed by atoms with Gasteiger partial charge in [0.1, 0.15) is 5.75 Å². The standard InChI is InChI=1S/C15H23NO/c1-3-10-16-12(2)15(8-9-15)11-13-4-6-14(17)7-5-13/h4-7,12,16-17H,3,8-11H2,1-2H3. The second-order valence-electron chi connectivity index (χ2n) is 5.38. The molecule has 1 aliphatic carbocycles. The molecule has 1 aromatic rings. The molecule has 1 saturated carbocycles. The maximum absolute atomic E-state index is 9.28. The molecule has 94 valence electrons. The van der Waals surface area contributed by atoms with E-state index < -0.39 is 0 Å². The highest BCUT2D eigenvalue weighted by Crippen LogP contribution is 2.51. The highest BCUT2D eigenvalue weighted by Gasteiger charge is 2.46. The third-order valence-corrected chi connectivity index (χ3v) is 4.00. The molecule has 2 N–H and O–H groups in total. The molecular formula is C15H23NO. The Morgan fingerprint density at radius 1 is 1.29 bits per heavy atom. The summed E-state index contributed by atoms with van der Waals surface area (Å²) in [7, 11) is 0. The van der Waals surface area contributed by atoms with E-state index in [4.69, 9.17) is 0 Å². The highest BCUT2D eigenvalue weighted by atomic mass is 16.3. The van der Waals surface area contributed by atoms with E-state index in [1.54, 1.807) is 12.1 Å². The van der Waals surface area contributed by atoms with Crippen LogP contribution in [0.25, 0.3) is 0 Å². The topological polar surface area (TPSA) is 32.3 Å². The van der Waals surface area contributed by atoms with Crippen molar-refractivity contribution in [2.75, 3.05) is 6.54 Å². The molecule has 17 heavy (non-hydrogen) atoms. The predicted octanol–water partition coefficient (Wildman–Crippen LogP) is 3.10. The van der Waals surface area contributed by atoms with Gasteiger partial charge in [0, 0.05) is 6.04 Å². The van der Waals surface area contributed by atoms with Gasteiger partial charge in [0.15, 0.2) is 0 Å². The summed E-state index contributed by atoms with van der Waals surface area (Å²) in [6, 6.07) is 8.26. The van der Waals surface area contributed by atoms with Crippen molar-refractivity contribution in [2.45, 2.75) is 45.6 Å². The van der Waals surface area contributed by atoms with Gasteiger partial charge in [-0.15, -0.1) is 0 Å². The number of phenolic OH excluding ortho intramolecular Hbond substituents is 1. The van der Waals surface area contributed by atoms with Crippen molar-refractivity contribution in [1.29, 1.82) is 0 Å². The fourth-order valence-electron chi connectivity index (χ4n) is 2.52. The average Bonchev–Trinajstić information content (AvgIpc) is 3.10. The first-order valence-electron chi connectivity index (χ1n) is 6.67. The quantitative estimate of drug-likeness (QED) is 0.791. The lowest BCUT2D eigenvalue weighted by Gasteiger charge is -2.24. The monoisotopic (exact) mass is 233 g/mol. The summed E-state index contributed by atoms with van der Waals surface area (Å²) < 4.78 is 0. The number of hydrogen-bond donors (Lipinski definition) is 2. The van der Waals surface area contributed by atoms with Crippen LogP contribution in [0.1, 0.15) is 38.7 Å². The van der Waals surface area contributed by atoms with Gasteiger partial charge in [0.25, 0.3) is 0 Å². The number of phenols is 1.